The van der Waals surface area contributed by atoms with Crippen molar-refractivity contribution in [2.45, 2.75) is 45.6 Å². The number of hydrogen-bond donors (Lipinski definition) is 2. The number of nitrogen functional groups attached to an aromatic ring is 1. The van der Waals surface area contributed by atoms with E-state index in [2.05, 4.69) is 27.2 Å². The molecule has 0 saturated carbocycles. The molecule has 1 aromatic heterocycles. The van der Waals surface area contributed by atoms with Gasteiger partial charge in [0.25, 0.3) is 0 Å². The molecule has 0 aliphatic carbocycles. The minimum absolute atomic E-state index is 0.539. The van der Waals surface area contributed by atoms with Crippen LogP contribution in [0.2, 0.25) is 0 Å². The molecular formula is C12H21N5. The maximum atomic E-state index is 5.46. The van der Waals surface area contributed by atoms with Crippen molar-refractivity contribution in [1.29, 1.82) is 0 Å². The van der Waals surface area contributed by atoms with Gasteiger partial charge < -0.3 is 10.3 Å². The third-order valence-corrected chi connectivity index (χ3v) is 3.52. The normalized spacial score (nSPS) is 21.1. The van der Waals surface area contributed by atoms with Crippen LogP contribution in [0.4, 0.5) is 11.6 Å². The third kappa shape index (κ3) is 2.49. The van der Waals surface area contributed by atoms with Crippen molar-refractivity contribution in [3.63, 3.8) is 0 Å². The van der Waals surface area contributed by atoms with Crippen LogP contribution in [-0.2, 0) is 0 Å². The molecule has 0 radical (unpaired) electrons. The van der Waals surface area contributed by atoms with Crippen LogP contribution in [0.15, 0.2) is 6.33 Å². The minimum atomic E-state index is 0.539. The van der Waals surface area contributed by atoms with E-state index in [0.717, 1.165) is 17.9 Å². The molecular weight excluding hydrogens is 214 g/mol. The highest BCUT2D eigenvalue weighted by Gasteiger charge is 2.21. The minimum Gasteiger partial charge on any atom is -0.354 e. The molecule has 1 aliphatic rings. The molecule has 17 heavy (non-hydrogen) atoms. The van der Waals surface area contributed by atoms with Crippen molar-refractivity contribution >= 4 is 11.6 Å². The summed E-state index contributed by atoms with van der Waals surface area (Å²) in [6.07, 6.45) is 6.67. The fourth-order valence-corrected chi connectivity index (χ4v) is 2.47. The second-order valence-electron chi connectivity index (χ2n) is 4.71. The van der Waals surface area contributed by atoms with Gasteiger partial charge >= 0.3 is 0 Å². The van der Waals surface area contributed by atoms with Gasteiger partial charge in [0.1, 0.15) is 18.0 Å². The number of aromatic nitrogens is 2. The second kappa shape index (κ2) is 5.31. The molecule has 0 bridgehead atoms. The summed E-state index contributed by atoms with van der Waals surface area (Å²) in [6.45, 7) is 5.35. The second-order valence-corrected chi connectivity index (χ2v) is 4.71. The lowest BCUT2D eigenvalue weighted by atomic mass is 10.1. The SMILES string of the molecule is Cc1c(NN)ncnc1N1CCCCCC1C. The maximum absolute atomic E-state index is 5.46. The summed E-state index contributed by atoms with van der Waals surface area (Å²) in [7, 11) is 0. The summed E-state index contributed by atoms with van der Waals surface area (Å²) in [5.41, 5.74) is 3.66. The van der Waals surface area contributed by atoms with Crippen molar-refractivity contribution in [1.82, 2.24) is 9.97 Å². The molecule has 1 unspecified atom stereocenters. The van der Waals surface area contributed by atoms with E-state index in [4.69, 9.17) is 5.84 Å². The Bertz CT molecular complexity index is 379. The van der Waals surface area contributed by atoms with Gasteiger partial charge in [-0.2, -0.15) is 0 Å². The van der Waals surface area contributed by atoms with Gasteiger partial charge in [-0.15, -0.1) is 0 Å². The van der Waals surface area contributed by atoms with Gasteiger partial charge in [-0.25, -0.2) is 15.8 Å². The number of nitrogens with one attached hydrogen (secondary N) is 1. The molecule has 2 heterocycles. The van der Waals surface area contributed by atoms with E-state index >= 15 is 0 Å². The maximum Gasteiger partial charge on any atom is 0.148 e. The molecule has 5 nitrogen and oxygen atoms in total. The Hall–Kier alpha value is -1.36. The topological polar surface area (TPSA) is 67.1 Å². The van der Waals surface area contributed by atoms with Gasteiger partial charge in [0, 0.05) is 18.2 Å². The predicted octanol–water partition coefficient (Wildman–Crippen LogP) is 1.84. The van der Waals surface area contributed by atoms with Crippen LogP contribution >= 0.6 is 0 Å². The molecule has 1 aliphatic heterocycles. The van der Waals surface area contributed by atoms with E-state index in [1.54, 1.807) is 6.33 Å². The fraction of sp³-hybridized carbons (Fsp3) is 0.667. The average molecular weight is 235 g/mol. The van der Waals surface area contributed by atoms with Crippen molar-refractivity contribution in [2.75, 3.05) is 16.9 Å². The Balaban J connectivity index is 2.31. The Morgan fingerprint density at radius 2 is 2.18 bits per heavy atom. The zero-order chi connectivity index (χ0) is 12.3. The van der Waals surface area contributed by atoms with Gasteiger partial charge in [-0.05, 0) is 26.7 Å². The molecule has 1 fully saturated rings. The van der Waals surface area contributed by atoms with E-state index in [-0.39, 0.29) is 0 Å². The molecule has 1 saturated heterocycles. The van der Waals surface area contributed by atoms with Crippen LogP contribution in [0.25, 0.3) is 0 Å². The van der Waals surface area contributed by atoms with Gasteiger partial charge in [0.2, 0.25) is 0 Å². The standard InChI is InChI=1S/C12H21N5/c1-9-6-4-3-5-7-17(9)12-10(2)11(16-13)14-8-15-12/h8-9H,3-7,13H2,1-2H3,(H,14,15,16). The monoisotopic (exact) mass is 235 g/mol. The highest BCUT2D eigenvalue weighted by atomic mass is 15.3. The van der Waals surface area contributed by atoms with E-state index in [1.807, 2.05) is 6.92 Å². The van der Waals surface area contributed by atoms with Gasteiger partial charge in [-0.3, -0.25) is 0 Å². The first-order chi connectivity index (χ1) is 8.24. The van der Waals surface area contributed by atoms with E-state index in [0.29, 0.717) is 11.9 Å². The zero-order valence-electron chi connectivity index (χ0n) is 10.6. The van der Waals surface area contributed by atoms with E-state index in [1.165, 1.54) is 25.7 Å². The van der Waals surface area contributed by atoms with Gasteiger partial charge in [-0.1, -0.05) is 12.8 Å². The van der Waals surface area contributed by atoms with Crippen molar-refractivity contribution in [3.8, 4) is 0 Å². The van der Waals surface area contributed by atoms with Crippen LogP contribution < -0.4 is 16.2 Å². The summed E-state index contributed by atoms with van der Waals surface area (Å²) in [5, 5.41) is 0. The summed E-state index contributed by atoms with van der Waals surface area (Å²) in [4.78, 5) is 10.9. The molecule has 0 spiro atoms. The van der Waals surface area contributed by atoms with Crippen LogP contribution in [0.5, 0.6) is 0 Å². The van der Waals surface area contributed by atoms with Crippen LogP contribution in [0, 0.1) is 6.92 Å². The van der Waals surface area contributed by atoms with Gasteiger partial charge in [0.05, 0.1) is 0 Å². The Labute approximate surface area is 102 Å². The lowest BCUT2D eigenvalue weighted by molar-refractivity contribution is 0.609. The summed E-state index contributed by atoms with van der Waals surface area (Å²) in [6, 6.07) is 0.539. The largest absolute Gasteiger partial charge is 0.354 e. The number of hydrogen-bond acceptors (Lipinski definition) is 5. The lowest BCUT2D eigenvalue weighted by Crippen LogP contribution is -2.34. The molecule has 1 atom stereocenters. The van der Waals surface area contributed by atoms with Crippen molar-refractivity contribution in [3.05, 3.63) is 11.9 Å². The Kier molecular flexibility index (Phi) is 3.78. The molecule has 0 amide bonds. The third-order valence-electron chi connectivity index (χ3n) is 3.52. The quantitative estimate of drug-likeness (QED) is 0.605. The molecule has 5 heteroatoms. The summed E-state index contributed by atoms with van der Waals surface area (Å²) >= 11 is 0. The first-order valence-corrected chi connectivity index (χ1v) is 6.29. The number of hydrazine groups is 1. The lowest BCUT2D eigenvalue weighted by Gasteiger charge is -2.29. The molecule has 2 rings (SSSR count). The van der Waals surface area contributed by atoms with Crippen molar-refractivity contribution in [2.24, 2.45) is 5.84 Å². The molecule has 94 valence electrons. The smallest absolute Gasteiger partial charge is 0.148 e. The van der Waals surface area contributed by atoms with Crippen LogP contribution in [0.3, 0.4) is 0 Å². The first-order valence-electron chi connectivity index (χ1n) is 6.29. The average Bonchev–Trinajstić information content (AvgIpc) is 2.55. The van der Waals surface area contributed by atoms with Gasteiger partial charge in [0.15, 0.2) is 0 Å². The predicted molar refractivity (Wildman–Crippen MR) is 69.9 cm³/mol. The number of anilines is 2. The van der Waals surface area contributed by atoms with Crippen LogP contribution in [0.1, 0.15) is 38.2 Å². The highest BCUT2D eigenvalue weighted by Crippen LogP contribution is 2.27. The molecule has 1 aromatic rings. The molecule has 0 aromatic carbocycles. The Morgan fingerprint density at radius 1 is 1.35 bits per heavy atom. The number of rotatable bonds is 2. The summed E-state index contributed by atoms with van der Waals surface area (Å²) < 4.78 is 0. The zero-order valence-corrected chi connectivity index (χ0v) is 10.6. The van der Waals surface area contributed by atoms with Crippen molar-refractivity contribution < 1.29 is 0 Å². The van der Waals surface area contributed by atoms with E-state index < -0.39 is 0 Å². The van der Waals surface area contributed by atoms with Crippen LogP contribution in [-0.4, -0.2) is 22.6 Å². The number of nitrogens with zero attached hydrogens (tertiary/aromatic N) is 3. The first kappa shape index (κ1) is 12.1. The highest BCUT2D eigenvalue weighted by molar-refractivity contribution is 5.57. The fourth-order valence-electron chi connectivity index (χ4n) is 2.47. The molecule has 3 N–H and O–H groups in total. The Morgan fingerprint density at radius 3 is 2.94 bits per heavy atom. The number of nitrogens with two attached hydrogens (primary N) is 1. The van der Waals surface area contributed by atoms with E-state index in [9.17, 15) is 0 Å². The summed E-state index contributed by atoms with van der Waals surface area (Å²) in [5.74, 6) is 7.19.